The van der Waals surface area contributed by atoms with E-state index in [2.05, 4.69) is 80.7 Å². The molecule has 0 atom stereocenters. The molecule has 2 heterocycles. The molecule has 2 N–H and O–H groups in total. The number of aliphatic imine (C=N–C) groups is 2. The molecule has 0 amide bonds. The van der Waals surface area contributed by atoms with Crippen molar-refractivity contribution >= 4 is 41.9 Å². The van der Waals surface area contributed by atoms with Crippen molar-refractivity contribution in [2.24, 2.45) is 9.98 Å². The molecule has 1 fully saturated rings. The number of methoxy groups -OCH3 is 1. The highest BCUT2D eigenvalue weighted by Crippen LogP contribution is 2.27. The number of nitrogens with one attached hydrogen (secondary N) is 2. The van der Waals surface area contributed by atoms with Crippen LogP contribution in [0.1, 0.15) is 30.5 Å². The number of likely N-dealkylation sites (tertiary alicyclic amines) is 1. The van der Waals surface area contributed by atoms with E-state index in [-0.39, 0.29) is 0 Å². The largest absolute Gasteiger partial charge is 0.490 e. The second kappa shape index (κ2) is 13.9. The van der Waals surface area contributed by atoms with Crippen LogP contribution in [0.2, 0.25) is 0 Å². The summed E-state index contributed by atoms with van der Waals surface area (Å²) in [6.45, 7) is 7.65. The van der Waals surface area contributed by atoms with E-state index in [1.807, 2.05) is 30.8 Å². The van der Waals surface area contributed by atoms with Crippen molar-refractivity contribution in [1.29, 1.82) is 0 Å². The van der Waals surface area contributed by atoms with Gasteiger partial charge in [-0.3, -0.25) is 10.1 Å². The number of rotatable bonds is 11. The molecule has 0 aliphatic carbocycles. The van der Waals surface area contributed by atoms with E-state index in [0.29, 0.717) is 29.1 Å². The number of benzene rings is 2. The minimum atomic E-state index is 0.513. The fourth-order valence-corrected chi connectivity index (χ4v) is 5.56. The highest BCUT2D eigenvalue weighted by atomic mass is 32.2. The number of anilines is 1. The van der Waals surface area contributed by atoms with Crippen molar-refractivity contribution in [2.45, 2.75) is 41.7 Å². The number of piperidine rings is 1. The molecule has 0 bridgehead atoms. The molecule has 1 saturated heterocycles. The third-order valence-electron chi connectivity index (χ3n) is 5.91. The van der Waals surface area contributed by atoms with E-state index in [1.54, 1.807) is 18.9 Å². The Morgan fingerprint density at radius 2 is 1.76 bits per heavy atom. The molecule has 1 aromatic heterocycles. The third-order valence-corrected chi connectivity index (χ3v) is 7.85. The monoisotopic (exact) mass is 534 g/mol. The van der Waals surface area contributed by atoms with Gasteiger partial charge in [-0.15, -0.1) is 23.5 Å². The number of hydrogen-bond acceptors (Lipinski definition) is 7. The van der Waals surface area contributed by atoms with Gasteiger partial charge in [0.05, 0.1) is 13.0 Å². The topological polar surface area (TPSA) is 77.9 Å². The van der Waals surface area contributed by atoms with Crippen LogP contribution in [0.3, 0.4) is 0 Å². The molecule has 7 nitrogen and oxygen atoms in total. The number of thioether (sulfide) groups is 2. The van der Waals surface area contributed by atoms with Gasteiger partial charge >= 0.3 is 0 Å². The van der Waals surface area contributed by atoms with Crippen molar-refractivity contribution in [3.05, 3.63) is 83.5 Å². The molecule has 9 heteroatoms. The van der Waals surface area contributed by atoms with Crippen LogP contribution < -0.4 is 5.32 Å². The molecule has 37 heavy (non-hydrogen) atoms. The first-order valence-corrected chi connectivity index (χ1v) is 14.4. The summed E-state index contributed by atoms with van der Waals surface area (Å²) in [5, 5.41) is 10.6. The number of nitrogens with zero attached hydrogens (tertiary/aromatic N) is 4. The van der Waals surface area contributed by atoms with Gasteiger partial charge in [0.15, 0.2) is 17.5 Å². The van der Waals surface area contributed by atoms with Crippen molar-refractivity contribution in [3.63, 3.8) is 0 Å². The maximum Gasteiger partial charge on any atom is 0.204 e. The zero-order chi connectivity index (χ0) is 25.9. The van der Waals surface area contributed by atoms with Gasteiger partial charge in [0, 0.05) is 40.4 Å². The van der Waals surface area contributed by atoms with E-state index >= 15 is 0 Å². The van der Waals surface area contributed by atoms with Gasteiger partial charge in [0.2, 0.25) is 5.76 Å². The standard InChI is InChI=1S/C28H34N6OS2/c1-21-18-25(33-32-21)31-27(26(35-3)28(29-2)34-16-8-5-9-17-34)30-20-37-24-14-12-23(13-15-24)36-19-22-10-6-4-7-11-22/h4,6-7,10-15,18H,2,5,8-9,16-17,19-20H2,1,3H3,(H2,30,31,32,33)/b28-26-. The van der Waals surface area contributed by atoms with Gasteiger partial charge in [-0.2, -0.15) is 5.10 Å². The average Bonchev–Trinajstić information content (AvgIpc) is 3.36. The van der Waals surface area contributed by atoms with Gasteiger partial charge < -0.3 is 15.0 Å². The molecule has 4 rings (SSSR count). The van der Waals surface area contributed by atoms with Crippen LogP contribution in [0.4, 0.5) is 5.82 Å². The first-order valence-electron chi connectivity index (χ1n) is 12.4. The number of aromatic nitrogens is 2. The summed E-state index contributed by atoms with van der Waals surface area (Å²) in [6.07, 6.45) is 3.49. The summed E-state index contributed by atoms with van der Waals surface area (Å²) in [5.41, 5.74) is 2.29. The third kappa shape index (κ3) is 7.90. The molecular weight excluding hydrogens is 500 g/mol. The van der Waals surface area contributed by atoms with Crippen LogP contribution in [0.15, 0.2) is 92.0 Å². The average molecular weight is 535 g/mol. The highest BCUT2D eigenvalue weighted by molar-refractivity contribution is 7.99. The van der Waals surface area contributed by atoms with Crippen LogP contribution in [0, 0.1) is 6.92 Å². The molecule has 0 saturated carbocycles. The van der Waals surface area contributed by atoms with E-state index in [0.717, 1.165) is 42.3 Å². The maximum absolute atomic E-state index is 5.84. The minimum absolute atomic E-state index is 0.513. The number of H-pyrrole nitrogens is 1. The lowest BCUT2D eigenvalue weighted by Gasteiger charge is -2.30. The summed E-state index contributed by atoms with van der Waals surface area (Å²) < 4.78 is 5.84. The molecule has 0 radical (unpaired) electrons. The molecule has 0 unspecified atom stereocenters. The normalized spacial score (nSPS) is 14.8. The first-order chi connectivity index (χ1) is 18.2. The first kappa shape index (κ1) is 26.9. The van der Waals surface area contributed by atoms with Crippen LogP contribution in [-0.2, 0) is 10.5 Å². The van der Waals surface area contributed by atoms with E-state index in [1.165, 1.54) is 16.9 Å². The lowest BCUT2D eigenvalue weighted by molar-refractivity contribution is 0.246. The lowest BCUT2D eigenvalue weighted by Crippen LogP contribution is -2.32. The van der Waals surface area contributed by atoms with Gasteiger partial charge in [0.25, 0.3) is 0 Å². The quantitative estimate of drug-likeness (QED) is 0.125. The second-order valence-electron chi connectivity index (χ2n) is 8.65. The summed E-state index contributed by atoms with van der Waals surface area (Å²) >= 11 is 3.51. The summed E-state index contributed by atoms with van der Waals surface area (Å²) in [6, 6.07) is 21.1. The molecule has 194 valence electrons. The van der Waals surface area contributed by atoms with Crippen molar-refractivity contribution in [2.75, 3.05) is 31.4 Å². The van der Waals surface area contributed by atoms with E-state index in [9.17, 15) is 0 Å². The van der Waals surface area contributed by atoms with Crippen LogP contribution in [0.5, 0.6) is 0 Å². The minimum Gasteiger partial charge on any atom is -0.490 e. The molecule has 0 spiro atoms. The van der Waals surface area contributed by atoms with Gasteiger partial charge in [0.1, 0.15) is 0 Å². The van der Waals surface area contributed by atoms with Crippen LogP contribution >= 0.6 is 23.5 Å². The Hall–Kier alpha value is -3.17. The van der Waals surface area contributed by atoms with Crippen molar-refractivity contribution in [1.82, 2.24) is 15.1 Å². The number of ether oxygens (including phenoxy) is 1. The Labute approximate surface area is 227 Å². The smallest absolute Gasteiger partial charge is 0.204 e. The molecule has 1 aliphatic rings. The van der Waals surface area contributed by atoms with E-state index < -0.39 is 0 Å². The Morgan fingerprint density at radius 1 is 1.05 bits per heavy atom. The summed E-state index contributed by atoms with van der Waals surface area (Å²) in [5.74, 6) is 4.03. The Bertz CT molecular complexity index is 1200. The molecular formula is C28H34N6OS2. The Balaban J connectivity index is 1.47. The lowest BCUT2D eigenvalue weighted by atomic mass is 10.1. The highest BCUT2D eigenvalue weighted by Gasteiger charge is 2.22. The Morgan fingerprint density at radius 3 is 2.38 bits per heavy atom. The zero-order valence-electron chi connectivity index (χ0n) is 21.4. The predicted octanol–water partition coefficient (Wildman–Crippen LogP) is 6.57. The Kier molecular flexibility index (Phi) is 10.1. The second-order valence-corrected chi connectivity index (χ2v) is 10.7. The summed E-state index contributed by atoms with van der Waals surface area (Å²) in [4.78, 5) is 13.8. The number of aryl methyl sites for hydroxylation is 1. The van der Waals surface area contributed by atoms with Crippen molar-refractivity contribution < 1.29 is 4.74 Å². The fourth-order valence-electron chi connectivity index (χ4n) is 4.03. The van der Waals surface area contributed by atoms with Crippen molar-refractivity contribution in [3.8, 4) is 0 Å². The zero-order valence-corrected chi connectivity index (χ0v) is 23.1. The number of aromatic amines is 1. The predicted molar refractivity (Wildman–Crippen MR) is 157 cm³/mol. The van der Waals surface area contributed by atoms with Gasteiger partial charge in [-0.25, -0.2) is 4.99 Å². The van der Waals surface area contributed by atoms with Crippen LogP contribution in [-0.4, -0.2) is 53.7 Å². The fraction of sp³-hybridized carbons (Fsp3) is 0.321. The molecule has 2 aromatic carbocycles. The summed E-state index contributed by atoms with van der Waals surface area (Å²) in [7, 11) is 1.65. The maximum atomic E-state index is 5.84. The van der Waals surface area contributed by atoms with Gasteiger partial charge in [-0.05, 0) is 62.7 Å². The van der Waals surface area contributed by atoms with E-state index in [4.69, 9.17) is 9.73 Å². The number of hydrogen-bond donors (Lipinski definition) is 2. The molecule has 1 aliphatic heterocycles. The van der Waals surface area contributed by atoms with Crippen LogP contribution in [0.25, 0.3) is 0 Å². The molecule has 3 aromatic rings. The SMILES string of the molecule is C=N/C(=C(OC)\C(=N/CSc1ccc(SCc2ccccc2)cc1)Nc1cc(C)[nH]n1)N1CCCCC1. The number of amidine groups is 1. The van der Waals surface area contributed by atoms with Gasteiger partial charge in [-0.1, -0.05) is 30.3 Å².